The van der Waals surface area contributed by atoms with Crippen LogP contribution in [-0.4, -0.2) is 304 Å². The summed E-state index contributed by atoms with van der Waals surface area (Å²) in [6.45, 7) is 72.4. The summed E-state index contributed by atoms with van der Waals surface area (Å²) in [5.41, 5.74) is 0. The molecule has 21 nitrogen and oxygen atoms in total. The van der Waals surface area contributed by atoms with Crippen molar-refractivity contribution in [1.29, 1.82) is 0 Å². The van der Waals surface area contributed by atoms with Crippen molar-refractivity contribution >= 4 is 41.8 Å². The Morgan fingerprint density at radius 2 is 0.387 bits per heavy atom. The molecule has 8 bridgehead atoms. The Bertz CT molecular complexity index is 3230. The molecule has 14 unspecified atom stereocenters. The van der Waals surface area contributed by atoms with Crippen LogP contribution in [0.25, 0.3) is 0 Å². The second-order valence-electron chi connectivity index (χ2n) is 46.4. The Kier molecular flexibility index (Phi) is 60.3. The molecule has 11 aliphatic carbocycles. The second-order valence-corrected chi connectivity index (χ2v) is 46.4. The average molecular weight is 1940 g/mol. The van der Waals surface area contributed by atoms with Crippen LogP contribution in [0.5, 0.6) is 0 Å². The van der Waals surface area contributed by atoms with E-state index in [9.17, 15) is 33.6 Å². The van der Waals surface area contributed by atoms with Gasteiger partial charge in [-0.3, -0.25) is 33.6 Å². The summed E-state index contributed by atoms with van der Waals surface area (Å²) in [4.78, 5) is 84.8. The van der Waals surface area contributed by atoms with Crippen LogP contribution in [0.1, 0.15) is 388 Å². The summed E-state index contributed by atoms with van der Waals surface area (Å²) in [6, 6.07) is 0. The van der Waals surface area contributed by atoms with E-state index in [1.54, 1.807) is 0 Å². The van der Waals surface area contributed by atoms with Crippen molar-refractivity contribution in [3.05, 3.63) is 0 Å². The van der Waals surface area contributed by atoms with Crippen molar-refractivity contribution in [2.75, 3.05) is 231 Å². The van der Waals surface area contributed by atoms with Gasteiger partial charge in [-0.2, -0.15) is 0 Å². The van der Waals surface area contributed by atoms with E-state index in [1.165, 1.54) is 251 Å². The van der Waals surface area contributed by atoms with E-state index in [0.717, 1.165) is 231 Å². The van der Waals surface area contributed by atoms with E-state index < -0.39 is 0 Å². The van der Waals surface area contributed by atoms with Gasteiger partial charge in [0, 0.05) is 0 Å². The number of quaternary nitrogens is 7. The molecule has 11 fully saturated rings. The quantitative estimate of drug-likeness (QED) is 0.0318. The topological polar surface area (TPSA) is 184 Å². The number of fused-ring (bicyclic) bond motifs is 8. The molecule has 0 aromatic carbocycles. The molecular formula is C116H224N7O14+7. The van der Waals surface area contributed by atoms with Crippen LogP contribution in [0, 0.1) is 88.8 Å². The Morgan fingerprint density at radius 1 is 0.197 bits per heavy atom. The van der Waals surface area contributed by atoms with Crippen molar-refractivity contribution in [2.45, 2.75) is 388 Å². The van der Waals surface area contributed by atoms with E-state index in [0.29, 0.717) is 69.9 Å². The van der Waals surface area contributed by atoms with Crippen LogP contribution in [-0.2, 0) is 66.7 Å². The molecule has 21 heteroatoms. The minimum absolute atomic E-state index is 0.0520. The number of carbonyl (C=O) groups excluding carboxylic acids is 7. The summed E-state index contributed by atoms with van der Waals surface area (Å²) in [5.74, 6) is 7.84. The fourth-order valence-corrected chi connectivity index (χ4v) is 26.8. The van der Waals surface area contributed by atoms with Crippen molar-refractivity contribution in [3.8, 4) is 0 Å². The number of carbonyl (C=O) groups is 7. The van der Waals surface area contributed by atoms with Gasteiger partial charge in [-0.15, -0.1) is 0 Å². The first-order chi connectivity index (χ1) is 65.9. The highest BCUT2D eigenvalue weighted by atomic mass is 16.6. The number of unbranched alkanes of at least 4 members (excludes halogenated alkanes) is 2. The highest BCUT2D eigenvalue weighted by Crippen LogP contribution is 2.52. The summed E-state index contributed by atoms with van der Waals surface area (Å²) < 4.78 is 46.4. The number of hydrogen-bond donors (Lipinski definition) is 0. The molecule has 0 N–H and O–H groups in total. The maximum Gasteiger partial charge on any atom is 0.309 e. The van der Waals surface area contributed by atoms with Crippen molar-refractivity contribution in [3.63, 3.8) is 0 Å². The predicted molar refractivity (Wildman–Crippen MR) is 562 cm³/mol. The third kappa shape index (κ3) is 42.5. The van der Waals surface area contributed by atoms with Crippen LogP contribution < -0.4 is 0 Å². The zero-order valence-corrected chi connectivity index (χ0v) is 93.6. The fourth-order valence-electron chi connectivity index (χ4n) is 26.8. The number of esters is 7. The van der Waals surface area contributed by atoms with Crippen LogP contribution in [0.3, 0.4) is 0 Å². The first-order valence-corrected chi connectivity index (χ1v) is 59.0. The lowest BCUT2D eigenvalue weighted by Crippen LogP contribution is -2.51. The lowest BCUT2D eigenvalue weighted by molar-refractivity contribution is -0.927. The molecule has 0 spiro atoms. The number of nitrogens with zero attached hydrogens (tertiary/aromatic N) is 7. The molecule has 800 valence electrons. The molecular weight excluding hydrogens is 1720 g/mol. The molecule has 0 amide bonds. The van der Waals surface area contributed by atoms with Gasteiger partial charge in [0.25, 0.3) is 0 Å². The third-order valence-corrected chi connectivity index (χ3v) is 36.7. The van der Waals surface area contributed by atoms with Crippen molar-refractivity contribution < 1.29 is 98.1 Å². The molecule has 11 rings (SSSR count). The zero-order chi connectivity index (χ0) is 101. The van der Waals surface area contributed by atoms with E-state index in [1.807, 2.05) is 0 Å². The van der Waals surface area contributed by atoms with Gasteiger partial charge < -0.3 is 64.5 Å². The average Bonchev–Trinajstić information content (AvgIpc) is 1.68. The number of ether oxygens (including phenoxy) is 7. The molecule has 0 heterocycles. The Morgan fingerprint density at radius 3 is 0.555 bits per heavy atom. The molecule has 0 radical (unpaired) electrons. The van der Waals surface area contributed by atoms with Gasteiger partial charge in [0.1, 0.15) is 92.1 Å². The van der Waals surface area contributed by atoms with Gasteiger partial charge in [0.2, 0.25) is 0 Å². The Balaban J connectivity index is 0.000000283. The van der Waals surface area contributed by atoms with Crippen LogP contribution >= 0.6 is 0 Å². The zero-order valence-electron chi connectivity index (χ0n) is 93.6. The Labute approximate surface area is 842 Å². The highest BCUT2D eigenvalue weighted by Gasteiger charge is 2.48. The molecule has 0 aromatic rings. The van der Waals surface area contributed by atoms with E-state index >= 15 is 0 Å². The van der Waals surface area contributed by atoms with E-state index in [4.69, 9.17) is 33.2 Å². The van der Waals surface area contributed by atoms with Crippen molar-refractivity contribution in [2.24, 2.45) is 88.8 Å². The van der Waals surface area contributed by atoms with Gasteiger partial charge in [0.15, 0.2) is 0 Å². The lowest BCUT2D eigenvalue weighted by atomic mass is 9.89. The monoisotopic (exact) mass is 1940 g/mol. The normalized spacial score (nSPS) is 24.8. The lowest BCUT2D eigenvalue weighted by Gasteiger charge is -2.37. The molecule has 11 aliphatic rings. The standard InChI is InChI=1S/C19H36NO2.C18H34NO2.C18H36NO2.C17H34NO2.C16H30NO2.C15H30NO2.C13H24NO2/c1-4-7-11-20(6-3,10-5-2)12-13-22-19(21)18-15-16-8-9-17(18)14-16;1-4-9-19(6-3,10-5-2)11-12-21-18(20)17-14-15-7-8-16(17)13-15;1-4-7-14-19(6-3,13-5-2)15-16-21-18(20)17-11-9-8-10-12-17;1-4-12-18(6-3,13-5-2)14-15-20-17(19)16-10-8-7-9-11-16;1-4-17(5-2,6-3)9-10-19-16(18)15-12-13-7-8-14(15)11-13;1-4-16(5-2,6-3)12-13-18-15(17)14-10-8-7-9-11-14;1-14(2,3)6-7-16-13(15)12-9-10-4-5-11(12)8-10/h16-18H,4-15H2,1-3H3;15-17H,4-14H2,1-3H3;17H,4-16H2,1-3H3;16H,4-15H2,1-3H3;13-15H,4-12H2,1-3H3;14H,4-13H2,1-3H3;10-12H,4-9H2,1-3H3/q7*+1. The Hall–Kier alpha value is -3.99. The van der Waals surface area contributed by atoms with E-state index in [2.05, 4.69) is 146 Å². The summed E-state index contributed by atoms with van der Waals surface area (Å²) >= 11 is 0. The SMILES string of the molecule is CCCC[N+](CC)(CCC)CCOC(=O)C1CC2CCC1C2.CCCC[N+](CC)(CCC)CCOC(=O)C1CCCCC1.CCC[N+](CC)(CCC)CCOC(=O)C1CC2CCC1C2.CCC[N+](CC)(CCC)CCOC(=O)C1CCCCC1.CC[N+](CC)(CC)CCOC(=O)C1CC2CCC1C2.CC[N+](CC)(CC)CCOC(=O)C1CCCCC1.C[N+](C)(C)CCOC(=O)C1CC2CCC1C2. The summed E-state index contributed by atoms with van der Waals surface area (Å²) in [5, 5.41) is 0. The van der Waals surface area contributed by atoms with Gasteiger partial charge in [-0.05, 0) is 284 Å². The maximum atomic E-state index is 12.4. The smallest absolute Gasteiger partial charge is 0.309 e. The highest BCUT2D eigenvalue weighted by molar-refractivity contribution is 5.76. The predicted octanol–water partition coefficient (Wildman–Crippen LogP) is 23.1. The first kappa shape index (κ1) is 123. The fraction of sp³-hybridized carbons (Fsp3) is 0.940. The van der Waals surface area contributed by atoms with Gasteiger partial charge >= 0.3 is 41.8 Å². The molecule has 0 aliphatic heterocycles. The van der Waals surface area contributed by atoms with Crippen molar-refractivity contribution in [1.82, 2.24) is 0 Å². The molecule has 0 saturated heterocycles. The molecule has 0 aromatic heterocycles. The summed E-state index contributed by atoms with van der Waals surface area (Å²) in [6.07, 6.45) is 49.4. The second kappa shape index (κ2) is 66.9. The van der Waals surface area contributed by atoms with Crippen LogP contribution in [0.2, 0.25) is 0 Å². The minimum atomic E-state index is 0.0520. The molecule has 14 atom stereocenters. The molecule has 137 heavy (non-hydrogen) atoms. The number of rotatable bonds is 56. The van der Waals surface area contributed by atoms with Crippen LogP contribution in [0.15, 0.2) is 0 Å². The van der Waals surface area contributed by atoms with Crippen LogP contribution in [0.4, 0.5) is 0 Å². The van der Waals surface area contributed by atoms with E-state index in [-0.39, 0.29) is 83.2 Å². The van der Waals surface area contributed by atoms with Gasteiger partial charge in [-0.1, -0.05) is 152 Å². The first-order valence-electron chi connectivity index (χ1n) is 59.0. The third-order valence-electron chi connectivity index (χ3n) is 36.7. The largest absolute Gasteiger partial charge is 0.459 e. The maximum absolute atomic E-state index is 12.4. The number of likely N-dealkylation sites (N-methyl/N-ethyl adjacent to an activating group) is 7. The van der Waals surface area contributed by atoms with Gasteiger partial charge in [0.05, 0.1) is 180 Å². The summed E-state index contributed by atoms with van der Waals surface area (Å²) in [7, 11) is 6.35. The van der Waals surface area contributed by atoms with Gasteiger partial charge in [-0.25, -0.2) is 0 Å². The number of hydrogen-bond acceptors (Lipinski definition) is 14. The minimum Gasteiger partial charge on any atom is -0.459 e. The molecule has 11 saturated carbocycles.